The van der Waals surface area contributed by atoms with Crippen LogP contribution in [0.2, 0.25) is 0 Å². The SMILES string of the molecule is CCCCCCCCCCCCCCCCCCCCCCCCCC(=O)N[C@@H](CO[C@H]1O[C@H](CO)[C@@H](NC(=O)Nc2cccc3ccccc23)[C@H](O)[C@H]1O)[C@H](O)[C@H](O)CCCCCCCCCCCCCC. The molecule has 12 nitrogen and oxygen atoms in total. The molecular weight excluding hydrogens is 919 g/mol. The van der Waals surface area contributed by atoms with Crippen molar-refractivity contribution in [2.75, 3.05) is 18.5 Å². The van der Waals surface area contributed by atoms with E-state index in [0.29, 0.717) is 18.5 Å². The van der Waals surface area contributed by atoms with Crippen molar-refractivity contribution >= 4 is 28.4 Å². The van der Waals surface area contributed by atoms with Crippen LogP contribution in [0, 0.1) is 0 Å². The zero-order valence-corrected chi connectivity index (χ0v) is 46.1. The van der Waals surface area contributed by atoms with E-state index in [-0.39, 0.29) is 18.9 Å². The number of carbonyl (C=O) groups excluding carboxylic acids is 2. The maximum absolute atomic E-state index is 13.3. The standard InChI is InChI=1S/C61H107N3O9/c1-3-5-7-9-11-13-15-17-18-19-20-21-22-23-24-25-26-27-29-31-33-35-37-46-55(67)62-52(57(68)53(66)45-36-34-32-30-28-16-14-12-10-8-6-4-2)48-72-60-59(70)58(69)56(54(47-65)73-60)64-61(71)63-51-44-40-42-49-41-38-39-43-50(49)51/h38-44,52-54,56-60,65-66,68-70H,3-37,45-48H2,1-2H3,(H,62,67)(H2,63,64,71)/t52-,53+,54+,56+,57-,58-,59+,60-/m0/s1. The molecule has 8 N–H and O–H groups in total. The Morgan fingerprint density at radius 1 is 0.575 bits per heavy atom. The molecular formula is C61H107N3O9. The average Bonchev–Trinajstić information content (AvgIpc) is 3.39. The molecule has 1 saturated heterocycles. The molecule has 0 saturated carbocycles. The average molecular weight is 1030 g/mol. The van der Waals surface area contributed by atoms with Crippen molar-refractivity contribution < 1.29 is 44.6 Å². The minimum Gasteiger partial charge on any atom is -0.394 e. The van der Waals surface area contributed by atoms with Crippen molar-refractivity contribution in [2.45, 2.75) is 300 Å². The van der Waals surface area contributed by atoms with Crippen LogP contribution >= 0.6 is 0 Å². The van der Waals surface area contributed by atoms with E-state index in [1.54, 1.807) is 6.07 Å². The van der Waals surface area contributed by atoms with Gasteiger partial charge in [-0.3, -0.25) is 4.79 Å². The number of rotatable bonds is 46. The van der Waals surface area contributed by atoms with Crippen LogP contribution in [0.1, 0.15) is 251 Å². The van der Waals surface area contributed by atoms with E-state index >= 15 is 0 Å². The lowest BCUT2D eigenvalue weighted by Gasteiger charge is -2.42. The second-order valence-corrected chi connectivity index (χ2v) is 21.6. The molecule has 0 bridgehead atoms. The number of aliphatic hydroxyl groups is 5. The van der Waals surface area contributed by atoms with E-state index in [1.165, 1.54) is 173 Å². The van der Waals surface area contributed by atoms with Gasteiger partial charge in [0.05, 0.1) is 37.1 Å². The number of anilines is 1. The largest absolute Gasteiger partial charge is 0.394 e. The minimum absolute atomic E-state index is 0.263. The van der Waals surface area contributed by atoms with Gasteiger partial charge in [-0.2, -0.15) is 0 Å². The first kappa shape index (κ1) is 64.4. The summed E-state index contributed by atoms with van der Waals surface area (Å²) in [4.78, 5) is 26.5. The fourth-order valence-corrected chi connectivity index (χ4v) is 10.5. The summed E-state index contributed by atoms with van der Waals surface area (Å²) in [5.41, 5.74) is 0.544. The van der Waals surface area contributed by atoms with Crippen LogP contribution in [0.15, 0.2) is 42.5 Å². The van der Waals surface area contributed by atoms with Crippen LogP contribution in [0.5, 0.6) is 0 Å². The molecule has 73 heavy (non-hydrogen) atoms. The molecule has 0 aromatic heterocycles. The van der Waals surface area contributed by atoms with E-state index in [9.17, 15) is 35.1 Å². The summed E-state index contributed by atoms with van der Waals surface area (Å²) in [6, 6.07) is 10.2. The second-order valence-electron chi connectivity index (χ2n) is 21.6. The Bertz CT molecular complexity index is 1640. The van der Waals surface area contributed by atoms with Gasteiger partial charge in [-0.05, 0) is 24.3 Å². The molecule has 3 amide bonds. The molecule has 0 radical (unpaired) electrons. The van der Waals surface area contributed by atoms with E-state index in [1.807, 2.05) is 36.4 Å². The molecule has 3 rings (SSSR count). The summed E-state index contributed by atoms with van der Waals surface area (Å²) in [6.45, 7) is 3.57. The molecule has 2 aromatic rings. The van der Waals surface area contributed by atoms with Crippen molar-refractivity contribution in [1.82, 2.24) is 10.6 Å². The molecule has 12 heteroatoms. The Labute approximate surface area is 443 Å². The summed E-state index contributed by atoms with van der Waals surface area (Å²) in [5, 5.41) is 65.4. The molecule has 1 heterocycles. The Morgan fingerprint density at radius 2 is 1.01 bits per heavy atom. The zero-order valence-electron chi connectivity index (χ0n) is 46.1. The molecule has 2 aromatic carbocycles. The summed E-state index contributed by atoms with van der Waals surface area (Å²) in [5.74, 6) is -0.270. The second kappa shape index (κ2) is 42.3. The monoisotopic (exact) mass is 1030 g/mol. The molecule has 1 aliphatic heterocycles. The van der Waals surface area contributed by atoms with E-state index in [2.05, 4.69) is 29.8 Å². The smallest absolute Gasteiger partial charge is 0.319 e. The molecule has 0 spiro atoms. The quantitative estimate of drug-likeness (QED) is 0.0298. The van der Waals surface area contributed by atoms with Gasteiger partial charge >= 0.3 is 6.03 Å². The van der Waals surface area contributed by atoms with Crippen molar-refractivity contribution in [3.8, 4) is 0 Å². The van der Waals surface area contributed by atoms with Gasteiger partial charge in [-0.25, -0.2) is 4.79 Å². The summed E-state index contributed by atoms with van der Waals surface area (Å²) in [7, 11) is 0. The van der Waals surface area contributed by atoms with Crippen LogP contribution < -0.4 is 16.0 Å². The van der Waals surface area contributed by atoms with Crippen molar-refractivity contribution in [3.63, 3.8) is 0 Å². The van der Waals surface area contributed by atoms with Gasteiger partial charge in [0.15, 0.2) is 6.29 Å². The van der Waals surface area contributed by atoms with E-state index < -0.39 is 61.5 Å². The number of nitrogens with one attached hydrogen (secondary N) is 3. The Morgan fingerprint density at radius 3 is 1.49 bits per heavy atom. The van der Waals surface area contributed by atoms with Gasteiger partial charge in [0.2, 0.25) is 5.91 Å². The highest BCUT2D eigenvalue weighted by Crippen LogP contribution is 2.26. The number of ether oxygens (including phenoxy) is 2. The molecule has 0 aliphatic carbocycles. The first-order valence-electron chi connectivity index (χ1n) is 30.1. The van der Waals surface area contributed by atoms with Crippen LogP contribution in [0.25, 0.3) is 10.8 Å². The highest BCUT2D eigenvalue weighted by atomic mass is 16.7. The molecule has 0 unspecified atom stereocenters. The highest BCUT2D eigenvalue weighted by Gasteiger charge is 2.46. The first-order chi connectivity index (χ1) is 35.7. The Hall–Kier alpha value is -2.84. The van der Waals surface area contributed by atoms with Gasteiger partial charge in [0.1, 0.15) is 24.4 Å². The van der Waals surface area contributed by atoms with Crippen molar-refractivity contribution in [2.24, 2.45) is 0 Å². The third kappa shape index (κ3) is 28.8. The fourth-order valence-electron chi connectivity index (χ4n) is 10.5. The minimum atomic E-state index is -1.65. The van der Waals surface area contributed by atoms with Crippen LogP contribution in [-0.4, -0.2) is 99.6 Å². The fraction of sp³-hybridized carbons (Fsp3) is 0.803. The molecule has 8 atom stereocenters. The number of urea groups is 1. The predicted molar refractivity (Wildman–Crippen MR) is 300 cm³/mol. The third-order valence-corrected chi connectivity index (χ3v) is 15.2. The molecule has 420 valence electrons. The van der Waals surface area contributed by atoms with Crippen molar-refractivity contribution in [3.05, 3.63) is 42.5 Å². The Balaban J connectivity index is 1.37. The summed E-state index contributed by atoms with van der Waals surface area (Å²) < 4.78 is 11.8. The van der Waals surface area contributed by atoms with Gasteiger partial charge in [0, 0.05) is 11.8 Å². The van der Waals surface area contributed by atoms with Gasteiger partial charge in [0.25, 0.3) is 0 Å². The molecule has 1 fully saturated rings. The predicted octanol–water partition coefficient (Wildman–Crippen LogP) is 13.5. The lowest BCUT2D eigenvalue weighted by molar-refractivity contribution is -0.281. The van der Waals surface area contributed by atoms with Crippen LogP contribution in [-0.2, 0) is 14.3 Å². The number of fused-ring (bicyclic) bond motifs is 1. The molecule has 1 aliphatic rings. The number of unbranched alkanes of at least 4 members (excludes halogenated alkanes) is 33. The van der Waals surface area contributed by atoms with E-state index in [0.717, 1.165) is 55.7 Å². The van der Waals surface area contributed by atoms with Crippen LogP contribution in [0.3, 0.4) is 0 Å². The highest BCUT2D eigenvalue weighted by molar-refractivity contribution is 6.01. The number of aliphatic hydroxyl groups excluding tert-OH is 5. The number of hydrogen-bond donors (Lipinski definition) is 8. The van der Waals surface area contributed by atoms with E-state index in [4.69, 9.17) is 9.47 Å². The number of benzene rings is 2. The maximum atomic E-state index is 13.3. The first-order valence-corrected chi connectivity index (χ1v) is 30.1. The lowest BCUT2D eigenvalue weighted by atomic mass is 9.96. The number of hydrogen-bond acceptors (Lipinski definition) is 9. The summed E-state index contributed by atoms with van der Waals surface area (Å²) in [6.07, 6.45) is 36.3. The Kier molecular flexibility index (Phi) is 37.3. The topological polar surface area (TPSA) is 190 Å². The van der Waals surface area contributed by atoms with Gasteiger partial charge in [-0.1, -0.05) is 269 Å². The van der Waals surface area contributed by atoms with Crippen LogP contribution in [0.4, 0.5) is 10.5 Å². The van der Waals surface area contributed by atoms with Gasteiger partial charge < -0.3 is 51.0 Å². The number of carbonyl (C=O) groups is 2. The zero-order chi connectivity index (χ0) is 52.6. The normalized spacial score (nSPS) is 19.2. The lowest BCUT2D eigenvalue weighted by Crippen LogP contribution is -2.65. The third-order valence-electron chi connectivity index (χ3n) is 15.2. The van der Waals surface area contributed by atoms with Crippen molar-refractivity contribution in [1.29, 1.82) is 0 Å². The maximum Gasteiger partial charge on any atom is 0.319 e. The van der Waals surface area contributed by atoms with Gasteiger partial charge in [-0.15, -0.1) is 0 Å². The summed E-state index contributed by atoms with van der Waals surface area (Å²) >= 11 is 0. The number of amides is 3.